The van der Waals surface area contributed by atoms with Crippen molar-refractivity contribution in [2.75, 3.05) is 27.2 Å². The van der Waals surface area contributed by atoms with Gasteiger partial charge in [0, 0.05) is 39.4 Å². The highest BCUT2D eigenvalue weighted by Crippen LogP contribution is 2.11. The Bertz CT molecular complexity index is 816. The number of guanidine groups is 1. The molecule has 0 aliphatic heterocycles. The van der Waals surface area contributed by atoms with Gasteiger partial charge < -0.3 is 20.3 Å². The summed E-state index contributed by atoms with van der Waals surface area (Å²) in [5.74, 6) is 0.761. The summed E-state index contributed by atoms with van der Waals surface area (Å²) in [6.45, 7) is 7.54. The lowest BCUT2D eigenvalue weighted by Crippen LogP contribution is -2.37. The van der Waals surface area contributed by atoms with E-state index < -0.39 is 0 Å². The second kappa shape index (κ2) is 12.6. The molecule has 2 aromatic rings. The minimum Gasteiger partial charge on any atom is -0.377 e. The van der Waals surface area contributed by atoms with E-state index in [-0.39, 0.29) is 5.91 Å². The van der Waals surface area contributed by atoms with Crippen molar-refractivity contribution in [2.24, 2.45) is 4.99 Å². The van der Waals surface area contributed by atoms with Crippen LogP contribution in [0.5, 0.6) is 0 Å². The van der Waals surface area contributed by atoms with E-state index in [4.69, 9.17) is 4.74 Å². The Morgan fingerprint density at radius 2 is 1.70 bits per heavy atom. The van der Waals surface area contributed by atoms with Crippen LogP contribution < -0.4 is 10.6 Å². The molecule has 0 heterocycles. The third kappa shape index (κ3) is 7.52. The van der Waals surface area contributed by atoms with Crippen molar-refractivity contribution in [1.29, 1.82) is 0 Å². The average molecular weight is 411 g/mol. The summed E-state index contributed by atoms with van der Waals surface area (Å²) in [5.41, 5.74) is 4.12. The number of nitrogens with zero attached hydrogens (tertiary/aromatic N) is 2. The summed E-state index contributed by atoms with van der Waals surface area (Å²) in [6, 6.07) is 15.9. The number of rotatable bonds is 10. The zero-order valence-electron chi connectivity index (χ0n) is 18.6. The fourth-order valence-corrected chi connectivity index (χ4v) is 2.90. The second-order valence-electron chi connectivity index (χ2n) is 7.27. The van der Waals surface area contributed by atoms with Crippen LogP contribution in [0.2, 0.25) is 0 Å². The molecule has 0 aliphatic rings. The van der Waals surface area contributed by atoms with E-state index in [1.54, 1.807) is 19.0 Å². The molecular weight excluding hydrogens is 376 g/mol. The SMILES string of the molecule is CCCOCc1ccccc1CNC(=NCc1ccc(C(=O)N(C)C)cc1)NCC. The van der Waals surface area contributed by atoms with Crippen LogP contribution in [0.1, 0.15) is 47.3 Å². The van der Waals surface area contributed by atoms with E-state index in [0.29, 0.717) is 25.3 Å². The van der Waals surface area contributed by atoms with Gasteiger partial charge in [-0.1, -0.05) is 43.3 Å². The molecule has 1 amide bonds. The Kier molecular flexibility index (Phi) is 9.87. The normalized spacial score (nSPS) is 11.3. The van der Waals surface area contributed by atoms with Crippen molar-refractivity contribution in [3.05, 3.63) is 70.8 Å². The van der Waals surface area contributed by atoms with Gasteiger partial charge in [0.05, 0.1) is 13.2 Å². The van der Waals surface area contributed by atoms with Gasteiger partial charge in [-0.25, -0.2) is 4.99 Å². The topological polar surface area (TPSA) is 66.0 Å². The molecule has 0 aromatic heterocycles. The predicted molar refractivity (Wildman–Crippen MR) is 123 cm³/mol. The van der Waals surface area contributed by atoms with Gasteiger partial charge in [0.1, 0.15) is 0 Å². The van der Waals surface area contributed by atoms with Gasteiger partial charge >= 0.3 is 0 Å². The minimum atomic E-state index is 0.00152. The van der Waals surface area contributed by atoms with E-state index in [1.165, 1.54) is 11.1 Å². The molecule has 6 nitrogen and oxygen atoms in total. The highest BCUT2D eigenvalue weighted by molar-refractivity contribution is 5.93. The molecule has 2 aromatic carbocycles. The fraction of sp³-hybridized carbons (Fsp3) is 0.417. The van der Waals surface area contributed by atoms with E-state index in [0.717, 1.165) is 31.1 Å². The number of benzene rings is 2. The molecule has 162 valence electrons. The largest absolute Gasteiger partial charge is 0.377 e. The number of aliphatic imine (C=N–C) groups is 1. The molecule has 30 heavy (non-hydrogen) atoms. The molecule has 2 N–H and O–H groups in total. The Labute approximate surface area is 180 Å². The Balaban J connectivity index is 1.99. The maximum Gasteiger partial charge on any atom is 0.253 e. The first-order valence-corrected chi connectivity index (χ1v) is 10.5. The van der Waals surface area contributed by atoms with Gasteiger partial charge in [-0.05, 0) is 42.2 Å². The zero-order chi connectivity index (χ0) is 21.8. The van der Waals surface area contributed by atoms with Crippen LogP contribution >= 0.6 is 0 Å². The van der Waals surface area contributed by atoms with Crippen LogP contribution in [0.4, 0.5) is 0 Å². The summed E-state index contributed by atoms with van der Waals surface area (Å²) in [4.78, 5) is 18.3. The molecule has 0 aliphatic carbocycles. The lowest BCUT2D eigenvalue weighted by Gasteiger charge is -2.14. The quantitative estimate of drug-likeness (QED) is 0.357. The third-order valence-corrected chi connectivity index (χ3v) is 4.54. The maximum atomic E-state index is 12.0. The van der Waals surface area contributed by atoms with Crippen molar-refractivity contribution in [3.63, 3.8) is 0 Å². The lowest BCUT2D eigenvalue weighted by molar-refractivity contribution is 0.0827. The number of carbonyl (C=O) groups is 1. The maximum absolute atomic E-state index is 12.0. The summed E-state index contributed by atoms with van der Waals surface area (Å²) < 4.78 is 5.71. The van der Waals surface area contributed by atoms with Crippen molar-refractivity contribution in [2.45, 2.75) is 40.0 Å². The average Bonchev–Trinajstić information content (AvgIpc) is 2.76. The molecule has 0 spiro atoms. The van der Waals surface area contributed by atoms with Crippen LogP contribution in [0, 0.1) is 0 Å². The van der Waals surface area contributed by atoms with Crippen LogP contribution in [-0.4, -0.2) is 44.0 Å². The smallest absolute Gasteiger partial charge is 0.253 e. The number of nitrogens with one attached hydrogen (secondary N) is 2. The van der Waals surface area contributed by atoms with Crippen LogP contribution in [-0.2, 0) is 24.4 Å². The first-order chi connectivity index (χ1) is 14.5. The third-order valence-electron chi connectivity index (χ3n) is 4.54. The molecular formula is C24H34N4O2. The predicted octanol–water partition coefficient (Wildman–Crippen LogP) is 3.57. The number of amides is 1. The molecule has 0 unspecified atom stereocenters. The molecule has 0 radical (unpaired) electrons. The van der Waals surface area contributed by atoms with Crippen molar-refractivity contribution < 1.29 is 9.53 Å². The Hall–Kier alpha value is -2.86. The summed E-state index contributed by atoms with van der Waals surface area (Å²) >= 11 is 0. The molecule has 0 bridgehead atoms. The highest BCUT2D eigenvalue weighted by atomic mass is 16.5. The van der Waals surface area contributed by atoms with Crippen LogP contribution in [0.15, 0.2) is 53.5 Å². The van der Waals surface area contributed by atoms with Crippen LogP contribution in [0.25, 0.3) is 0 Å². The summed E-state index contributed by atoms with van der Waals surface area (Å²) in [6.07, 6.45) is 1.02. The lowest BCUT2D eigenvalue weighted by atomic mass is 10.1. The van der Waals surface area contributed by atoms with Gasteiger partial charge in [0.25, 0.3) is 5.91 Å². The molecule has 0 fully saturated rings. The van der Waals surface area contributed by atoms with E-state index >= 15 is 0 Å². The number of carbonyl (C=O) groups excluding carboxylic acids is 1. The minimum absolute atomic E-state index is 0.00152. The Morgan fingerprint density at radius 3 is 2.33 bits per heavy atom. The second-order valence-corrected chi connectivity index (χ2v) is 7.27. The summed E-state index contributed by atoms with van der Waals surface area (Å²) in [7, 11) is 3.51. The van der Waals surface area contributed by atoms with Crippen molar-refractivity contribution in [3.8, 4) is 0 Å². The molecule has 2 rings (SSSR count). The van der Waals surface area contributed by atoms with Gasteiger partial charge in [-0.15, -0.1) is 0 Å². The van der Waals surface area contributed by atoms with Crippen LogP contribution in [0.3, 0.4) is 0 Å². The van der Waals surface area contributed by atoms with Crippen molar-refractivity contribution in [1.82, 2.24) is 15.5 Å². The molecule has 0 saturated carbocycles. The Morgan fingerprint density at radius 1 is 1.00 bits per heavy atom. The fourth-order valence-electron chi connectivity index (χ4n) is 2.90. The highest BCUT2D eigenvalue weighted by Gasteiger charge is 2.07. The molecule has 6 heteroatoms. The number of hydrogen-bond acceptors (Lipinski definition) is 3. The summed E-state index contributed by atoms with van der Waals surface area (Å²) in [5, 5.41) is 6.69. The van der Waals surface area contributed by atoms with Crippen molar-refractivity contribution >= 4 is 11.9 Å². The molecule has 0 saturated heterocycles. The first-order valence-electron chi connectivity index (χ1n) is 10.5. The standard InChI is InChI=1S/C24H34N4O2/c1-5-15-30-18-22-10-8-7-9-21(22)17-27-24(25-6-2)26-16-19-11-13-20(14-12-19)23(29)28(3)4/h7-14H,5-6,15-18H2,1-4H3,(H2,25,26,27). The number of hydrogen-bond donors (Lipinski definition) is 2. The number of ether oxygens (including phenoxy) is 1. The van der Waals surface area contributed by atoms with Gasteiger partial charge in [-0.2, -0.15) is 0 Å². The van der Waals surface area contributed by atoms with E-state index in [2.05, 4.69) is 34.7 Å². The van der Waals surface area contributed by atoms with Gasteiger partial charge in [0.2, 0.25) is 0 Å². The van der Waals surface area contributed by atoms with Gasteiger partial charge in [-0.3, -0.25) is 4.79 Å². The van der Waals surface area contributed by atoms with Gasteiger partial charge in [0.15, 0.2) is 5.96 Å². The first kappa shape index (κ1) is 23.4. The molecule has 0 atom stereocenters. The van der Waals surface area contributed by atoms with E-state index in [9.17, 15) is 4.79 Å². The van der Waals surface area contributed by atoms with E-state index in [1.807, 2.05) is 43.3 Å². The monoisotopic (exact) mass is 410 g/mol. The zero-order valence-corrected chi connectivity index (χ0v) is 18.6.